The maximum absolute atomic E-state index is 5.83. The first-order valence-electron chi connectivity index (χ1n) is 3.60. The summed E-state index contributed by atoms with van der Waals surface area (Å²) in [7, 11) is 0. The highest BCUT2D eigenvalue weighted by atomic mass is 35.5. The number of alkyl halides is 1. The van der Waals surface area contributed by atoms with Crippen LogP contribution in [0.25, 0.3) is 0 Å². The number of aromatic nitrogens is 1. The monoisotopic (exact) mass is 233 g/mol. The fourth-order valence-corrected chi connectivity index (χ4v) is 1.22. The minimum absolute atomic E-state index is 0.467. The Balaban J connectivity index is 2.85. The molecule has 0 N–H and O–H groups in total. The van der Waals surface area contributed by atoms with Crippen molar-refractivity contribution >= 4 is 34.8 Å². The zero-order valence-corrected chi connectivity index (χ0v) is 8.92. The van der Waals surface area contributed by atoms with Gasteiger partial charge >= 0.3 is 0 Å². The van der Waals surface area contributed by atoms with Crippen LogP contribution in [0.4, 0.5) is 0 Å². The van der Waals surface area contributed by atoms with Crippen LogP contribution in [0.2, 0.25) is 10.0 Å². The molecule has 1 aromatic heterocycles. The fourth-order valence-electron chi connectivity index (χ4n) is 0.700. The summed E-state index contributed by atoms with van der Waals surface area (Å²) in [6.07, 6.45) is 2.14. The van der Waals surface area contributed by atoms with Crippen LogP contribution in [0.15, 0.2) is 12.3 Å². The molecule has 0 aliphatic carbocycles. The van der Waals surface area contributed by atoms with E-state index in [-0.39, 0.29) is 0 Å². The molecule has 0 atom stereocenters. The Morgan fingerprint density at radius 3 is 2.77 bits per heavy atom. The highest BCUT2D eigenvalue weighted by Crippen LogP contribution is 2.17. The lowest BCUT2D eigenvalue weighted by Crippen LogP contribution is -1.83. The molecule has 1 nitrogen and oxygen atoms in total. The van der Waals surface area contributed by atoms with E-state index >= 15 is 0 Å². The van der Waals surface area contributed by atoms with Crippen molar-refractivity contribution in [3.05, 3.63) is 28.0 Å². The number of nitrogens with zero attached hydrogens (tertiary/aromatic N) is 1. The van der Waals surface area contributed by atoms with E-state index in [0.29, 0.717) is 28.0 Å². The highest BCUT2D eigenvalue weighted by Gasteiger charge is 1.98. The van der Waals surface area contributed by atoms with Crippen molar-refractivity contribution in [2.24, 2.45) is 0 Å². The Labute approximate surface area is 92.0 Å². The highest BCUT2D eigenvalue weighted by molar-refractivity contribution is 6.35. The normalized spacial score (nSPS) is 9.15. The molecule has 0 saturated carbocycles. The Morgan fingerprint density at radius 1 is 1.38 bits per heavy atom. The summed E-state index contributed by atoms with van der Waals surface area (Å²) in [5.74, 6) is 6.16. The van der Waals surface area contributed by atoms with Gasteiger partial charge in [-0.3, -0.25) is 0 Å². The lowest BCUT2D eigenvalue weighted by Gasteiger charge is -1.94. The van der Waals surface area contributed by atoms with Crippen LogP contribution in [0.3, 0.4) is 0 Å². The van der Waals surface area contributed by atoms with Crippen molar-refractivity contribution in [1.29, 1.82) is 0 Å². The van der Waals surface area contributed by atoms with Crippen molar-refractivity contribution in [3.63, 3.8) is 0 Å². The second-order valence-corrected chi connectivity index (χ2v) is 3.45. The van der Waals surface area contributed by atoms with Crippen molar-refractivity contribution in [2.45, 2.75) is 6.42 Å². The van der Waals surface area contributed by atoms with E-state index in [4.69, 9.17) is 34.8 Å². The quantitative estimate of drug-likeness (QED) is 0.536. The Kier molecular flexibility index (Phi) is 4.38. The van der Waals surface area contributed by atoms with Crippen molar-refractivity contribution in [2.75, 3.05) is 5.88 Å². The third kappa shape index (κ3) is 3.44. The van der Waals surface area contributed by atoms with Gasteiger partial charge in [-0.05, 0) is 12.0 Å². The first kappa shape index (κ1) is 10.7. The molecule has 0 aliphatic rings. The summed E-state index contributed by atoms with van der Waals surface area (Å²) < 4.78 is 0. The van der Waals surface area contributed by atoms with Gasteiger partial charge in [-0.25, -0.2) is 4.98 Å². The van der Waals surface area contributed by atoms with Gasteiger partial charge in [-0.15, -0.1) is 11.6 Å². The number of hydrogen-bond acceptors (Lipinski definition) is 1. The van der Waals surface area contributed by atoms with E-state index in [1.54, 1.807) is 6.07 Å². The van der Waals surface area contributed by atoms with E-state index < -0.39 is 0 Å². The average Bonchev–Trinajstić information content (AvgIpc) is 2.09. The topological polar surface area (TPSA) is 12.9 Å². The molecule has 13 heavy (non-hydrogen) atoms. The first-order chi connectivity index (χ1) is 6.24. The van der Waals surface area contributed by atoms with E-state index in [1.165, 1.54) is 6.20 Å². The van der Waals surface area contributed by atoms with Gasteiger partial charge in [0.15, 0.2) is 0 Å². The molecule has 0 spiro atoms. The maximum Gasteiger partial charge on any atom is 0.131 e. The van der Waals surface area contributed by atoms with E-state index in [0.717, 1.165) is 0 Å². The third-order valence-corrected chi connectivity index (χ3v) is 1.92. The summed E-state index contributed by atoms with van der Waals surface area (Å²) in [5, 5.41) is 0.975. The van der Waals surface area contributed by atoms with Crippen LogP contribution >= 0.6 is 34.8 Å². The lowest BCUT2D eigenvalue weighted by molar-refractivity contribution is 1.26. The van der Waals surface area contributed by atoms with Gasteiger partial charge < -0.3 is 0 Å². The predicted octanol–water partition coefficient (Wildman–Crippen LogP) is 3.37. The van der Waals surface area contributed by atoms with Crippen LogP contribution in [0, 0.1) is 11.8 Å². The molecule has 0 amide bonds. The summed E-state index contributed by atoms with van der Waals surface area (Å²) in [6.45, 7) is 0. The van der Waals surface area contributed by atoms with Crippen LogP contribution in [-0.2, 0) is 0 Å². The molecular weight excluding hydrogens is 228 g/mol. The fraction of sp³-hybridized carbons (Fsp3) is 0.222. The van der Waals surface area contributed by atoms with Gasteiger partial charge in [0, 0.05) is 18.5 Å². The number of hydrogen-bond donors (Lipinski definition) is 0. The standard InChI is InChI=1S/C9H6Cl3N/c10-4-2-1-3-9-8(12)5-7(11)6-13-9/h5-6H,2,4H2. The molecule has 1 rings (SSSR count). The molecule has 0 fully saturated rings. The molecule has 4 heteroatoms. The second kappa shape index (κ2) is 5.34. The number of halogens is 3. The molecule has 1 aromatic rings. The Morgan fingerprint density at radius 2 is 2.15 bits per heavy atom. The van der Waals surface area contributed by atoms with Crippen molar-refractivity contribution < 1.29 is 0 Å². The molecule has 0 unspecified atom stereocenters. The minimum Gasteiger partial charge on any atom is -0.245 e. The molecule has 68 valence electrons. The number of rotatable bonds is 1. The smallest absolute Gasteiger partial charge is 0.131 e. The summed E-state index contributed by atoms with van der Waals surface area (Å²) >= 11 is 16.9. The molecule has 1 heterocycles. The van der Waals surface area contributed by atoms with Crippen molar-refractivity contribution in [3.8, 4) is 11.8 Å². The lowest BCUT2D eigenvalue weighted by atomic mass is 10.3. The van der Waals surface area contributed by atoms with Crippen LogP contribution in [-0.4, -0.2) is 10.9 Å². The van der Waals surface area contributed by atoms with Crippen LogP contribution < -0.4 is 0 Å². The predicted molar refractivity (Wildman–Crippen MR) is 56.5 cm³/mol. The van der Waals surface area contributed by atoms with E-state index in [9.17, 15) is 0 Å². The molecule has 0 bridgehead atoms. The minimum atomic E-state index is 0.467. The van der Waals surface area contributed by atoms with Gasteiger partial charge in [-0.2, -0.15) is 0 Å². The van der Waals surface area contributed by atoms with Crippen molar-refractivity contribution in [1.82, 2.24) is 4.98 Å². The van der Waals surface area contributed by atoms with Gasteiger partial charge in [0.2, 0.25) is 0 Å². The average molecular weight is 235 g/mol. The third-order valence-electron chi connectivity index (χ3n) is 1.23. The van der Waals surface area contributed by atoms with Gasteiger partial charge in [0.25, 0.3) is 0 Å². The van der Waals surface area contributed by atoms with E-state index in [2.05, 4.69) is 16.8 Å². The zero-order valence-electron chi connectivity index (χ0n) is 6.65. The SMILES string of the molecule is ClCCC#Cc1ncc(Cl)cc1Cl. The summed E-state index contributed by atoms with van der Waals surface area (Å²) in [6, 6.07) is 1.61. The van der Waals surface area contributed by atoms with E-state index in [1.807, 2.05) is 0 Å². The van der Waals surface area contributed by atoms with Crippen LogP contribution in [0.1, 0.15) is 12.1 Å². The summed E-state index contributed by atoms with van der Waals surface area (Å²) in [5.41, 5.74) is 0.538. The Hall–Kier alpha value is -0.420. The van der Waals surface area contributed by atoms with Gasteiger partial charge in [0.1, 0.15) is 5.69 Å². The van der Waals surface area contributed by atoms with Gasteiger partial charge in [0.05, 0.1) is 10.0 Å². The van der Waals surface area contributed by atoms with Crippen LogP contribution in [0.5, 0.6) is 0 Å². The molecule has 0 aromatic carbocycles. The Bertz CT molecular complexity index is 352. The molecule has 0 saturated heterocycles. The van der Waals surface area contributed by atoms with Gasteiger partial charge in [-0.1, -0.05) is 29.1 Å². The molecule has 0 radical (unpaired) electrons. The zero-order chi connectivity index (χ0) is 9.68. The molecule has 0 aliphatic heterocycles. The second-order valence-electron chi connectivity index (χ2n) is 2.22. The first-order valence-corrected chi connectivity index (χ1v) is 4.89. The number of pyridine rings is 1. The largest absolute Gasteiger partial charge is 0.245 e. The summed E-state index contributed by atoms with van der Waals surface area (Å²) in [4.78, 5) is 3.97. The molecular formula is C9H6Cl3N. The maximum atomic E-state index is 5.83.